The third-order valence-electron chi connectivity index (χ3n) is 2.03. The van der Waals surface area contributed by atoms with E-state index in [2.05, 4.69) is 5.32 Å². The topological polar surface area (TPSA) is 104 Å². The number of aliphatic carboxylic acids is 1. The molecule has 0 saturated carbocycles. The quantitative estimate of drug-likeness (QED) is 0.373. The zero-order chi connectivity index (χ0) is 12.4. The first-order valence-corrected chi connectivity index (χ1v) is 5.18. The number of carbonyl (C=O) groups excluding carboxylic acids is 2. The van der Waals surface area contributed by atoms with E-state index in [4.69, 9.17) is 10.2 Å². The van der Waals surface area contributed by atoms with Crippen molar-refractivity contribution in [3.63, 3.8) is 0 Å². The Kier molecular flexibility index (Phi) is 8.05. The molecular weight excluding hydrogens is 214 g/mol. The van der Waals surface area contributed by atoms with Crippen LogP contribution in [-0.4, -0.2) is 41.0 Å². The van der Waals surface area contributed by atoms with Gasteiger partial charge in [0.2, 0.25) is 5.91 Å². The molecule has 0 aromatic rings. The molecule has 1 amide bonds. The molecule has 0 rings (SSSR count). The average molecular weight is 231 g/mol. The number of aliphatic hydroxyl groups is 1. The van der Waals surface area contributed by atoms with Crippen LogP contribution in [0.5, 0.6) is 0 Å². The van der Waals surface area contributed by atoms with Crippen LogP contribution in [0.4, 0.5) is 0 Å². The van der Waals surface area contributed by atoms with Crippen molar-refractivity contribution in [1.29, 1.82) is 0 Å². The number of hydrogen-bond donors (Lipinski definition) is 3. The molecule has 6 heteroatoms. The van der Waals surface area contributed by atoms with Gasteiger partial charge in [0.25, 0.3) is 0 Å². The first kappa shape index (κ1) is 14.6. The maximum absolute atomic E-state index is 11.3. The number of carbonyl (C=O) groups is 3. The molecule has 0 fully saturated rings. The van der Waals surface area contributed by atoms with E-state index in [1.807, 2.05) is 0 Å². The number of hydrogen-bond acceptors (Lipinski definition) is 4. The maximum Gasteiger partial charge on any atom is 0.326 e. The van der Waals surface area contributed by atoms with Crippen molar-refractivity contribution in [2.24, 2.45) is 0 Å². The van der Waals surface area contributed by atoms with Gasteiger partial charge in [-0.15, -0.1) is 0 Å². The van der Waals surface area contributed by atoms with Gasteiger partial charge in [0.05, 0.1) is 0 Å². The summed E-state index contributed by atoms with van der Waals surface area (Å²) in [4.78, 5) is 31.9. The lowest BCUT2D eigenvalue weighted by molar-refractivity contribution is -0.142. The molecule has 0 aromatic heterocycles. The van der Waals surface area contributed by atoms with Crippen LogP contribution in [0.3, 0.4) is 0 Å². The van der Waals surface area contributed by atoms with Gasteiger partial charge in [-0.25, -0.2) is 4.79 Å². The monoisotopic (exact) mass is 231 g/mol. The number of amides is 1. The molecule has 92 valence electrons. The summed E-state index contributed by atoms with van der Waals surface area (Å²) in [5.41, 5.74) is 0. The summed E-state index contributed by atoms with van der Waals surface area (Å²) in [6.45, 7) is -0.289. The fourth-order valence-corrected chi connectivity index (χ4v) is 1.17. The predicted octanol–water partition coefficient (Wildman–Crippen LogP) is -0.302. The highest BCUT2D eigenvalue weighted by atomic mass is 16.4. The van der Waals surface area contributed by atoms with Gasteiger partial charge in [0.15, 0.2) is 0 Å². The standard InChI is InChI=1S/C10H17NO5/c12-6-3-1-2-4-9(14)11-8(5-7-13)10(15)16/h6,8,13H,1-5,7H2,(H,11,14)(H,15,16). The molecule has 6 nitrogen and oxygen atoms in total. The Bertz CT molecular complexity index is 241. The Balaban J connectivity index is 3.81. The summed E-state index contributed by atoms with van der Waals surface area (Å²) in [5, 5.41) is 19.6. The molecule has 1 unspecified atom stereocenters. The Labute approximate surface area is 93.6 Å². The van der Waals surface area contributed by atoms with Gasteiger partial charge < -0.3 is 20.3 Å². The molecule has 0 aromatic carbocycles. The van der Waals surface area contributed by atoms with E-state index >= 15 is 0 Å². The summed E-state index contributed by atoms with van der Waals surface area (Å²) in [6.07, 6.45) is 2.55. The van der Waals surface area contributed by atoms with Gasteiger partial charge in [-0.3, -0.25) is 4.79 Å². The normalized spacial score (nSPS) is 11.8. The molecule has 0 bridgehead atoms. The van der Waals surface area contributed by atoms with Crippen molar-refractivity contribution in [2.45, 2.75) is 38.1 Å². The summed E-state index contributed by atoms with van der Waals surface area (Å²) in [6, 6.07) is -1.04. The first-order chi connectivity index (χ1) is 7.61. The minimum absolute atomic E-state index is 0.00455. The van der Waals surface area contributed by atoms with Gasteiger partial charge in [0.1, 0.15) is 12.3 Å². The third kappa shape index (κ3) is 6.94. The van der Waals surface area contributed by atoms with Crippen LogP contribution in [0.2, 0.25) is 0 Å². The second-order valence-electron chi connectivity index (χ2n) is 3.38. The summed E-state index contributed by atoms with van der Waals surface area (Å²) in [5.74, 6) is -1.53. The summed E-state index contributed by atoms with van der Waals surface area (Å²) < 4.78 is 0. The fraction of sp³-hybridized carbons (Fsp3) is 0.700. The molecule has 0 saturated heterocycles. The highest BCUT2D eigenvalue weighted by Gasteiger charge is 2.18. The van der Waals surface area contributed by atoms with Crippen molar-refractivity contribution in [3.05, 3.63) is 0 Å². The molecule has 0 heterocycles. The molecule has 0 spiro atoms. The number of nitrogens with one attached hydrogen (secondary N) is 1. The van der Waals surface area contributed by atoms with Crippen LogP contribution in [0.15, 0.2) is 0 Å². The smallest absolute Gasteiger partial charge is 0.326 e. The maximum atomic E-state index is 11.3. The molecule has 0 aliphatic carbocycles. The van der Waals surface area contributed by atoms with E-state index in [0.29, 0.717) is 19.3 Å². The van der Waals surface area contributed by atoms with Crippen LogP contribution < -0.4 is 5.32 Å². The Morgan fingerprint density at radius 2 is 2.00 bits per heavy atom. The van der Waals surface area contributed by atoms with E-state index in [0.717, 1.165) is 6.29 Å². The van der Waals surface area contributed by atoms with E-state index in [1.165, 1.54) is 0 Å². The van der Waals surface area contributed by atoms with Crippen molar-refractivity contribution in [3.8, 4) is 0 Å². The molecule has 0 aliphatic heterocycles. The average Bonchev–Trinajstić information content (AvgIpc) is 2.23. The highest BCUT2D eigenvalue weighted by molar-refractivity contribution is 5.83. The SMILES string of the molecule is O=CCCCCC(=O)NC(CCO)C(=O)O. The van der Waals surface area contributed by atoms with E-state index in [9.17, 15) is 14.4 Å². The number of aldehydes is 1. The van der Waals surface area contributed by atoms with Crippen LogP contribution >= 0.6 is 0 Å². The van der Waals surface area contributed by atoms with Gasteiger partial charge in [-0.1, -0.05) is 0 Å². The lowest BCUT2D eigenvalue weighted by atomic mass is 10.1. The van der Waals surface area contributed by atoms with E-state index < -0.39 is 12.0 Å². The summed E-state index contributed by atoms with van der Waals surface area (Å²) >= 11 is 0. The number of unbranched alkanes of at least 4 members (excludes halogenated alkanes) is 2. The number of aliphatic hydroxyl groups excluding tert-OH is 1. The van der Waals surface area contributed by atoms with Crippen molar-refractivity contribution >= 4 is 18.2 Å². The molecule has 16 heavy (non-hydrogen) atoms. The lowest BCUT2D eigenvalue weighted by Crippen LogP contribution is -2.41. The lowest BCUT2D eigenvalue weighted by Gasteiger charge is -2.12. The minimum atomic E-state index is -1.16. The van der Waals surface area contributed by atoms with Gasteiger partial charge in [-0.05, 0) is 12.8 Å². The number of carboxylic acids is 1. The van der Waals surface area contributed by atoms with Crippen molar-refractivity contribution in [2.75, 3.05) is 6.61 Å². The minimum Gasteiger partial charge on any atom is -0.480 e. The van der Waals surface area contributed by atoms with Crippen LogP contribution in [0.1, 0.15) is 32.1 Å². The fourth-order valence-electron chi connectivity index (χ4n) is 1.17. The van der Waals surface area contributed by atoms with Gasteiger partial charge >= 0.3 is 5.97 Å². The molecule has 0 aliphatic rings. The van der Waals surface area contributed by atoms with Crippen molar-refractivity contribution in [1.82, 2.24) is 5.32 Å². The first-order valence-electron chi connectivity index (χ1n) is 5.18. The molecule has 3 N–H and O–H groups in total. The van der Waals surface area contributed by atoms with Crippen LogP contribution in [0, 0.1) is 0 Å². The Morgan fingerprint density at radius 3 is 2.50 bits per heavy atom. The van der Waals surface area contributed by atoms with Crippen molar-refractivity contribution < 1.29 is 24.6 Å². The summed E-state index contributed by atoms with van der Waals surface area (Å²) in [7, 11) is 0. The van der Waals surface area contributed by atoms with E-state index in [-0.39, 0.29) is 25.4 Å². The molecule has 0 radical (unpaired) electrons. The van der Waals surface area contributed by atoms with E-state index in [1.54, 1.807) is 0 Å². The zero-order valence-electron chi connectivity index (χ0n) is 9.02. The van der Waals surface area contributed by atoms with Gasteiger partial charge in [0, 0.05) is 25.9 Å². The Morgan fingerprint density at radius 1 is 1.31 bits per heavy atom. The second kappa shape index (κ2) is 8.84. The third-order valence-corrected chi connectivity index (χ3v) is 2.03. The Hall–Kier alpha value is -1.43. The second-order valence-corrected chi connectivity index (χ2v) is 3.38. The predicted molar refractivity (Wildman–Crippen MR) is 55.8 cm³/mol. The van der Waals surface area contributed by atoms with Crippen LogP contribution in [-0.2, 0) is 14.4 Å². The number of rotatable bonds is 9. The molecule has 1 atom stereocenters. The van der Waals surface area contributed by atoms with Crippen LogP contribution in [0.25, 0.3) is 0 Å². The highest BCUT2D eigenvalue weighted by Crippen LogP contribution is 1.99. The van der Waals surface area contributed by atoms with Gasteiger partial charge in [-0.2, -0.15) is 0 Å². The largest absolute Gasteiger partial charge is 0.480 e. The number of carboxylic acid groups (broad SMARTS) is 1. The zero-order valence-corrected chi connectivity index (χ0v) is 9.02. The molecular formula is C10H17NO5.